The Labute approximate surface area is 140 Å². The first-order valence-electron chi connectivity index (χ1n) is 7.49. The third-order valence-corrected chi connectivity index (χ3v) is 3.47. The van der Waals surface area contributed by atoms with Crippen LogP contribution in [-0.4, -0.2) is 18.4 Å². The third-order valence-electron chi connectivity index (χ3n) is 3.24. The molecule has 0 bridgehead atoms. The Kier molecular flexibility index (Phi) is 6.63. The van der Waals surface area contributed by atoms with Crippen LogP contribution in [0.1, 0.15) is 18.4 Å². The first-order valence-corrected chi connectivity index (χ1v) is 7.87. The fraction of sp³-hybridized carbons (Fsp3) is 0.222. The second-order valence-corrected chi connectivity index (χ2v) is 5.61. The Hall–Kier alpha value is -2.33. The smallest absolute Gasteiger partial charge is 0.233 e. The van der Waals surface area contributed by atoms with Crippen LogP contribution < -0.4 is 10.6 Å². The molecule has 5 heteroatoms. The van der Waals surface area contributed by atoms with Gasteiger partial charge in [-0.15, -0.1) is 0 Å². The van der Waals surface area contributed by atoms with Crippen LogP contribution in [0.2, 0.25) is 5.02 Å². The number of halogens is 1. The molecule has 0 aliphatic rings. The topological polar surface area (TPSA) is 58.2 Å². The Morgan fingerprint density at radius 1 is 0.957 bits per heavy atom. The van der Waals surface area contributed by atoms with Gasteiger partial charge in [0.05, 0.1) is 0 Å². The highest BCUT2D eigenvalue weighted by Crippen LogP contribution is 2.14. The normalized spacial score (nSPS) is 10.1. The number of nitrogens with one attached hydrogen (secondary N) is 2. The number of hydrogen-bond donors (Lipinski definition) is 2. The molecule has 0 saturated carbocycles. The van der Waals surface area contributed by atoms with Crippen molar-refractivity contribution in [1.82, 2.24) is 5.32 Å². The number of benzene rings is 2. The fourth-order valence-corrected chi connectivity index (χ4v) is 2.34. The van der Waals surface area contributed by atoms with E-state index in [4.69, 9.17) is 11.6 Å². The van der Waals surface area contributed by atoms with E-state index in [1.165, 1.54) is 5.56 Å². The average Bonchev–Trinajstić information content (AvgIpc) is 2.52. The SMILES string of the molecule is O=C(CC(=O)Nc1cccc(Cl)c1)NCCCc1ccccc1. The van der Waals surface area contributed by atoms with E-state index >= 15 is 0 Å². The Balaban J connectivity index is 1.65. The van der Waals surface area contributed by atoms with Crippen molar-refractivity contribution in [1.29, 1.82) is 0 Å². The lowest BCUT2D eigenvalue weighted by molar-refractivity contribution is -0.126. The van der Waals surface area contributed by atoms with Gasteiger partial charge < -0.3 is 10.6 Å². The minimum Gasteiger partial charge on any atom is -0.356 e. The van der Waals surface area contributed by atoms with Crippen LogP contribution in [0.4, 0.5) is 5.69 Å². The highest BCUT2D eigenvalue weighted by molar-refractivity contribution is 6.30. The van der Waals surface area contributed by atoms with E-state index in [9.17, 15) is 9.59 Å². The molecule has 0 aliphatic heterocycles. The van der Waals surface area contributed by atoms with Gasteiger partial charge in [0.15, 0.2) is 0 Å². The van der Waals surface area contributed by atoms with E-state index in [0.29, 0.717) is 17.3 Å². The number of anilines is 1. The largest absolute Gasteiger partial charge is 0.356 e. The lowest BCUT2D eigenvalue weighted by Gasteiger charge is -2.07. The number of carbonyl (C=O) groups excluding carboxylic acids is 2. The number of aryl methyl sites for hydroxylation is 1. The Morgan fingerprint density at radius 3 is 2.48 bits per heavy atom. The van der Waals surface area contributed by atoms with Crippen LogP contribution in [0, 0.1) is 0 Å². The Bertz CT molecular complexity index is 659. The number of carbonyl (C=O) groups is 2. The lowest BCUT2D eigenvalue weighted by Crippen LogP contribution is -2.29. The zero-order valence-corrected chi connectivity index (χ0v) is 13.5. The van der Waals surface area contributed by atoms with Crippen molar-refractivity contribution in [3.8, 4) is 0 Å². The van der Waals surface area contributed by atoms with E-state index in [1.54, 1.807) is 24.3 Å². The van der Waals surface area contributed by atoms with Crippen molar-refractivity contribution < 1.29 is 9.59 Å². The molecule has 4 nitrogen and oxygen atoms in total. The second-order valence-electron chi connectivity index (χ2n) is 5.17. The summed E-state index contributed by atoms with van der Waals surface area (Å²) in [5.41, 5.74) is 1.82. The molecule has 2 rings (SSSR count). The van der Waals surface area contributed by atoms with Gasteiger partial charge >= 0.3 is 0 Å². The van der Waals surface area contributed by atoms with E-state index in [0.717, 1.165) is 12.8 Å². The maximum Gasteiger partial charge on any atom is 0.233 e. The first kappa shape index (κ1) is 17.0. The van der Waals surface area contributed by atoms with E-state index < -0.39 is 0 Å². The molecule has 0 fully saturated rings. The van der Waals surface area contributed by atoms with Crippen molar-refractivity contribution >= 4 is 29.1 Å². The van der Waals surface area contributed by atoms with Crippen molar-refractivity contribution in [2.24, 2.45) is 0 Å². The summed E-state index contributed by atoms with van der Waals surface area (Å²) < 4.78 is 0. The van der Waals surface area contributed by atoms with Gasteiger partial charge in [-0.25, -0.2) is 0 Å². The molecule has 0 heterocycles. The molecule has 0 radical (unpaired) electrons. The number of amides is 2. The van der Waals surface area contributed by atoms with E-state index in [2.05, 4.69) is 22.8 Å². The Morgan fingerprint density at radius 2 is 1.74 bits per heavy atom. The summed E-state index contributed by atoms with van der Waals surface area (Å²) in [6.45, 7) is 0.554. The zero-order chi connectivity index (χ0) is 16.5. The van der Waals surface area contributed by atoms with Gasteiger partial charge in [-0.05, 0) is 36.6 Å². The maximum atomic E-state index is 11.8. The summed E-state index contributed by atoms with van der Waals surface area (Å²) in [6, 6.07) is 16.9. The van der Waals surface area contributed by atoms with Crippen LogP contribution in [0.25, 0.3) is 0 Å². The first-order chi connectivity index (χ1) is 11.1. The van der Waals surface area contributed by atoms with Gasteiger partial charge in [-0.3, -0.25) is 9.59 Å². The van der Waals surface area contributed by atoms with Crippen LogP contribution in [0.15, 0.2) is 54.6 Å². The predicted octanol–water partition coefficient (Wildman–Crippen LogP) is 3.42. The molecule has 0 spiro atoms. The zero-order valence-electron chi connectivity index (χ0n) is 12.7. The molecule has 0 unspecified atom stereocenters. The number of rotatable bonds is 7. The molecule has 2 aromatic rings. The molecule has 120 valence electrons. The summed E-state index contributed by atoms with van der Waals surface area (Å²) in [5, 5.41) is 5.94. The van der Waals surface area contributed by atoms with Crippen molar-refractivity contribution in [2.75, 3.05) is 11.9 Å². The van der Waals surface area contributed by atoms with Crippen LogP contribution in [0.5, 0.6) is 0 Å². The van der Waals surface area contributed by atoms with Crippen molar-refractivity contribution in [3.63, 3.8) is 0 Å². The van der Waals surface area contributed by atoms with Gasteiger partial charge in [-0.1, -0.05) is 48.0 Å². The molecule has 0 saturated heterocycles. The monoisotopic (exact) mass is 330 g/mol. The van der Waals surface area contributed by atoms with Crippen LogP contribution >= 0.6 is 11.6 Å². The molecule has 2 aromatic carbocycles. The van der Waals surface area contributed by atoms with E-state index in [-0.39, 0.29) is 18.2 Å². The second kappa shape index (κ2) is 8.96. The average molecular weight is 331 g/mol. The van der Waals surface area contributed by atoms with Crippen LogP contribution in [-0.2, 0) is 16.0 Å². The third kappa shape index (κ3) is 6.53. The van der Waals surface area contributed by atoms with Gasteiger partial charge in [0.2, 0.25) is 11.8 Å². The highest BCUT2D eigenvalue weighted by Gasteiger charge is 2.09. The van der Waals surface area contributed by atoms with Gasteiger partial charge in [-0.2, -0.15) is 0 Å². The summed E-state index contributed by atoms with van der Waals surface area (Å²) in [7, 11) is 0. The summed E-state index contributed by atoms with van der Waals surface area (Å²) in [5.74, 6) is -0.634. The molecule has 23 heavy (non-hydrogen) atoms. The van der Waals surface area contributed by atoms with Gasteiger partial charge in [0.25, 0.3) is 0 Å². The summed E-state index contributed by atoms with van der Waals surface area (Å²) in [6.07, 6.45) is 1.54. The molecule has 0 aliphatic carbocycles. The summed E-state index contributed by atoms with van der Waals surface area (Å²) in [4.78, 5) is 23.5. The standard InChI is InChI=1S/C18H19ClN2O2/c19-15-9-4-10-16(12-15)21-18(23)13-17(22)20-11-5-8-14-6-2-1-3-7-14/h1-4,6-7,9-10,12H,5,8,11,13H2,(H,20,22)(H,21,23). The van der Waals surface area contributed by atoms with Gasteiger partial charge in [0.1, 0.15) is 6.42 Å². The van der Waals surface area contributed by atoms with Crippen LogP contribution in [0.3, 0.4) is 0 Å². The van der Waals surface area contributed by atoms with Gasteiger partial charge in [0, 0.05) is 17.3 Å². The molecular weight excluding hydrogens is 312 g/mol. The van der Waals surface area contributed by atoms with Crippen molar-refractivity contribution in [2.45, 2.75) is 19.3 Å². The molecule has 0 atom stereocenters. The molecule has 0 aromatic heterocycles. The van der Waals surface area contributed by atoms with E-state index in [1.807, 2.05) is 18.2 Å². The molecular formula is C18H19ClN2O2. The lowest BCUT2D eigenvalue weighted by atomic mass is 10.1. The number of hydrogen-bond acceptors (Lipinski definition) is 2. The molecule has 2 amide bonds. The predicted molar refractivity (Wildman–Crippen MR) is 92.5 cm³/mol. The minimum absolute atomic E-state index is 0.197. The summed E-state index contributed by atoms with van der Waals surface area (Å²) >= 11 is 5.84. The quantitative estimate of drug-likeness (QED) is 0.603. The minimum atomic E-state index is -0.354. The fourth-order valence-electron chi connectivity index (χ4n) is 2.14. The molecule has 2 N–H and O–H groups in total. The highest BCUT2D eigenvalue weighted by atomic mass is 35.5. The maximum absolute atomic E-state index is 11.8. The van der Waals surface area contributed by atoms with Crippen molar-refractivity contribution in [3.05, 3.63) is 65.2 Å².